The van der Waals surface area contributed by atoms with Gasteiger partial charge in [0.25, 0.3) is 11.8 Å². The third kappa shape index (κ3) is 3.55. The van der Waals surface area contributed by atoms with Crippen LogP contribution in [0.4, 0.5) is 0 Å². The summed E-state index contributed by atoms with van der Waals surface area (Å²) in [5.74, 6) is 1.52. The molecule has 2 N–H and O–H groups in total. The van der Waals surface area contributed by atoms with E-state index in [2.05, 4.69) is 0 Å². The summed E-state index contributed by atoms with van der Waals surface area (Å²) in [6.45, 7) is 1.47. The van der Waals surface area contributed by atoms with E-state index in [1.807, 2.05) is 0 Å². The summed E-state index contributed by atoms with van der Waals surface area (Å²) in [6, 6.07) is 7.06. The molecule has 2 aliphatic carbocycles. The summed E-state index contributed by atoms with van der Waals surface area (Å²) in [5.41, 5.74) is 6.39. The molecule has 0 aromatic heterocycles. The predicted octanol–water partition coefficient (Wildman–Crippen LogP) is 2.83. The van der Waals surface area contributed by atoms with Crippen LogP contribution in [0, 0.1) is 11.8 Å². The van der Waals surface area contributed by atoms with E-state index in [0.717, 1.165) is 24.8 Å². The minimum absolute atomic E-state index is 0.124. The number of amides is 2. The van der Waals surface area contributed by atoms with Crippen LogP contribution in [0.15, 0.2) is 24.3 Å². The van der Waals surface area contributed by atoms with Gasteiger partial charge < -0.3 is 5.73 Å². The second kappa shape index (κ2) is 6.61. The fraction of sp³-hybridized carbons (Fsp3) is 0.556. The summed E-state index contributed by atoms with van der Waals surface area (Å²) in [4.78, 5) is 25.3. The van der Waals surface area contributed by atoms with E-state index in [0.29, 0.717) is 17.7 Å². The van der Waals surface area contributed by atoms with Gasteiger partial charge in [-0.2, -0.15) is 0 Å². The van der Waals surface area contributed by atoms with Crippen LogP contribution in [0.1, 0.15) is 59.2 Å². The predicted molar refractivity (Wildman–Crippen MR) is 85.5 cm³/mol. The van der Waals surface area contributed by atoms with Crippen LogP contribution >= 0.6 is 0 Å². The molecule has 0 atom stereocenters. The lowest BCUT2D eigenvalue weighted by atomic mass is 10.1. The highest BCUT2D eigenvalue weighted by Gasteiger charge is 2.35. The van der Waals surface area contributed by atoms with Crippen molar-refractivity contribution in [3.05, 3.63) is 35.4 Å². The van der Waals surface area contributed by atoms with Gasteiger partial charge in [-0.3, -0.25) is 14.5 Å². The molecule has 118 valence electrons. The van der Waals surface area contributed by atoms with Crippen LogP contribution in [0.3, 0.4) is 0 Å². The Kier molecular flexibility index (Phi) is 4.57. The average Bonchev–Trinajstić information content (AvgIpc) is 3.43. The maximum absolute atomic E-state index is 11.9. The van der Waals surface area contributed by atoms with Crippen LogP contribution in [0.5, 0.6) is 0 Å². The first kappa shape index (κ1) is 15.2. The number of imide groups is 1. The molecule has 4 rings (SSSR count). The van der Waals surface area contributed by atoms with Gasteiger partial charge in [0.15, 0.2) is 0 Å². The largest absolute Gasteiger partial charge is 0.330 e. The van der Waals surface area contributed by atoms with Crippen molar-refractivity contribution in [2.45, 2.75) is 38.5 Å². The molecule has 1 aromatic rings. The quantitative estimate of drug-likeness (QED) is 0.850. The number of hydrogen-bond acceptors (Lipinski definition) is 3. The molecule has 1 heterocycles. The Morgan fingerprint density at radius 1 is 0.909 bits per heavy atom. The number of hydrogen-bond donors (Lipinski definition) is 1. The van der Waals surface area contributed by atoms with Gasteiger partial charge in [0.05, 0.1) is 11.1 Å². The Bertz CT molecular complexity index is 527. The van der Waals surface area contributed by atoms with E-state index in [9.17, 15) is 9.59 Å². The average molecular weight is 300 g/mol. The van der Waals surface area contributed by atoms with Crippen molar-refractivity contribution < 1.29 is 9.59 Å². The molecule has 2 amide bonds. The summed E-state index contributed by atoms with van der Waals surface area (Å²) in [6.07, 6.45) is 7.62. The molecule has 0 spiro atoms. The van der Waals surface area contributed by atoms with Crippen molar-refractivity contribution in [3.8, 4) is 0 Å². The van der Waals surface area contributed by atoms with Gasteiger partial charge in [0.1, 0.15) is 0 Å². The topological polar surface area (TPSA) is 63.4 Å². The molecule has 22 heavy (non-hydrogen) atoms. The lowest BCUT2D eigenvalue weighted by molar-refractivity contribution is 0.0650. The first-order valence-electron chi connectivity index (χ1n) is 8.36. The van der Waals surface area contributed by atoms with Crippen molar-refractivity contribution >= 4 is 11.8 Å². The van der Waals surface area contributed by atoms with E-state index in [1.54, 1.807) is 24.3 Å². The van der Waals surface area contributed by atoms with E-state index in [-0.39, 0.29) is 11.8 Å². The molecular weight excluding hydrogens is 276 g/mol. The standard InChI is InChI=1S/C13H13NO2.C5H11N/c15-12-10-3-1-2-4-11(10)13(16)14(12)8-7-9-5-6-9;6-4-3-5-1-2-5/h1-4,9H,5-8H2;5H,1-4,6H2. The fourth-order valence-electron chi connectivity index (χ4n) is 2.80. The molecule has 4 nitrogen and oxygen atoms in total. The molecule has 1 aromatic carbocycles. The van der Waals surface area contributed by atoms with Gasteiger partial charge in [-0.05, 0) is 43.4 Å². The van der Waals surface area contributed by atoms with Gasteiger partial charge in [0.2, 0.25) is 0 Å². The van der Waals surface area contributed by atoms with Crippen molar-refractivity contribution in [1.82, 2.24) is 4.90 Å². The fourth-order valence-corrected chi connectivity index (χ4v) is 2.80. The van der Waals surface area contributed by atoms with Gasteiger partial charge >= 0.3 is 0 Å². The van der Waals surface area contributed by atoms with Crippen LogP contribution < -0.4 is 5.73 Å². The highest BCUT2D eigenvalue weighted by atomic mass is 16.2. The van der Waals surface area contributed by atoms with Crippen LogP contribution in [0.25, 0.3) is 0 Å². The van der Waals surface area contributed by atoms with Crippen LogP contribution in [0.2, 0.25) is 0 Å². The zero-order valence-corrected chi connectivity index (χ0v) is 13.0. The summed E-state index contributed by atoms with van der Waals surface area (Å²) < 4.78 is 0. The first-order chi connectivity index (χ1) is 10.7. The van der Waals surface area contributed by atoms with E-state index in [1.165, 1.54) is 37.0 Å². The number of benzene rings is 1. The van der Waals surface area contributed by atoms with Gasteiger partial charge in [-0.25, -0.2) is 0 Å². The number of carbonyl (C=O) groups excluding carboxylic acids is 2. The molecule has 0 saturated heterocycles. The van der Waals surface area contributed by atoms with Crippen molar-refractivity contribution in [2.75, 3.05) is 13.1 Å². The smallest absolute Gasteiger partial charge is 0.261 e. The molecule has 2 saturated carbocycles. The second-order valence-electron chi connectivity index (χ2n) is 6.56. The number of carbonyl (C=O) groups is 2. The highest BCUT2D eigenvalue weighted by Crippen LogP contribution is 2.33. The van der Waals surface area contributed by atoms with Crippen molar-refractivity contribution in [2.24, 2.45) is 17.6 Å². The first-order valence-corrected chi connectivity index (χ1v) is 8.36. The Balaban J connectivity index is 0.000000202. The summed E-state index contributed by atoms with van der Waals surface area (Å²) in [7, 11) is 0. The molecule has 4 heteroatoms. The summed E-state index contributed by atoms with van der Waals surface area (Å²) >= 11 is 0. The number of rotatable bonds is 5. The minimum atomic E-state index is -0.124. The van der Waals surface area contributed by atoms with Gasteiger partial charge in [0, 0.05) is 6.54 Å². The van der Waals surface area contributed by atoms with E-state index >= 15 is 0 Å². The SMILES string of the molecule is NCCC1CC1.O=C1c2ccccc2C(=O)N1CCC1CC1. The van der Waals surface area contributed by atoms with Gasteiger partial charge in [-0.1, -0.05) is 37.8 Å². The van der Waals surface area contributed by atoms with Crippen molar-refractivity contribution in [1.29, 1.82) is 0 Å². The van der Waals surface area contributed by atoms with Crippen LogP contribution in [-0.2, 0) is 0 Å². The van der Waals surface area contributed by atoms with Crippen molar-refractivity contribution in [3.63, 3.8) is 0 Å². The Morgan fingerprint density at radius 3 is 1.82 bits per heavy atom. The molecule has 0 radical (unpaired) electrons. The maximum atomic E-state index is 11.9. The third-order valence-electron chi connectivity index (χ3n) is 4.61. The molecule has 2 fully saturated rings. The zero-order chi connectivity index (χ0) is 15.5. The lowest BCUT2D eigenvalue weighted by Gasteiger charge is -2.12. The highest BCUT2D eigenvalue weighted by molar-refractivity contribution is 6.21. The number of nitrogens with two attached hydrogens (primary N) is 1. The van der Waals surface area contributed by atoms with Crippen LogP contribution in [-0.4, -0.2) is 29.8 Å². The normalized spacial score (nSPS) is 19.8. The molecule has 1 aliphatic heterocycles. The Hall–Kier alpha value is -1.68. The lowest BCUT2D eigenvalue weighted by Crippen LogP contribution is -2.30. The monoisotopic (exact) mass is 300 g/mol. The number of nitrogens with zero attached hydrogens (tertiary/aromatic N) is 1. The Morgan fingerprint density at radius 2 is 1.41 bits per heavy atom. The molecular formula is C18H24N2O2. The molecule has 0 unspecified atom stereocenters. The maximum Gasteiger partial charge on any atom is 0.261 e. The molecule has 0 bridgehead atoms. The minimum Gasteiger partial charge on any atom is -0.330 e. The number of fused-ring (bicyclic) bond motifs is 1. The summed E-state index contributed by atoms with van der Waals surface area (Å²) in [5, 5.41) is 0. The molecule has 3 aliphatic rings. The third-order valence-corrected chi connectivity index (χ3v) is 4.61. The van der Waals surface area contributed by atoms with Gasteiger partial charge in [-0.15, -0.1) is 0 Å². The Labute approximate surface area is 131 Å². The zero-order valence-electron chi connectivity index (χ0n) is 13.0. The van der Waals surface area contributed by atoms with E-state index < -0.39 is 0 Å². The second-order valence-corrected chi connectivity index (χ2v) is 6.56. The van der Waals surface area contributed by atoms with E-state index in [4.69, 9.17) is 5.73 Å².